The van der Waals surface area contributed by atoms with Crippen molar-refractivity contribution in [1.82, 2.24) is 24.6 Å². The Bertz CT molecular complexity index is 1120. The van der Waals surface area contributed by atoms with Crippen LogP contribution < -0.4 is 5.32 Å². The number of rotatable bonds is 3. The summed E-state index contributed by atoms with van der Waals surface area (Å²) in [4.78, 5) is 25.3. The third-order valence-corrected chi connectivity index (χ3v) is 5.09. The van der Waals surface area contributed by atoms with Crippen LogP contribution in [0.2, 0.25) is 5.02 Å². The van der Waals surface area contributed by atoms with Gasteiger partial charge in [-0.1, -0.05) is 22.9 Å². The van der Waals surface area contributed by atoms with Gasteiger partial charge in [0.1, 0.15) is 6.33 Å². The van der Waals surface area contributed by atoms with Gasteiger partial charge in [0.2, 0.25) is 5.91 Å². The Labute approximate surface area is 151 Å². The minimum absolute atomic E-state index is 0.155. The molecule has 0 saturated carbocycles. The van der Waals surface area contributed by atoms with Crippen LogP contribution in [-0.4, -0.2) is 30.5 Å². The third-order valence-electron chi connectivity index (χ3n) is 3.92. The largest absolute Gasteiger partial charge is 0.302 e. The maximum absolute atomic E-state index is 12.5. The number of benzene rings is 1. The van der Waals surface area contributed by atoms with Gasteiger partial charge in [-0.05, 0) is 32.0 Å². The number of carbonyl (C=O) groups excluding carboxylic acids is 1. The molecule has 4 aromatic rings. The topological polar surface area (TPSA) is 85.1 Å². The molecule has 0 spiro atoms. The summed E-state index contributed by atoms with van der Waals surface area (Å²) in [5.41, 5.74) is 3.26. The monoisotopic (exact) mass is 372 g/mol. The summed E-state index contributed by atoms with van der Waals surface area (Å²) >= 11 is 7.38. The number of amides is 1. The smallest absolute Gasteiger partial charge is 0.252 e. The molecule has 126 valence electrons. The summed E-state index contributed by atoms with van der Waals surface area (Å²) in [6.45, 7) is 3.77. The van der Waals surface area contributed by atoms with E-state index < -0.39 is 0 Å². The third kappa shape index (κ3) is 2.94. The van der Waals surface area contributed by atoms with Gasteiger partial charge in [-0.15, -0.1) is 0 Å². The molecule has 1 aromatic carbocycles. The van der Waals surface area contributed by atoms with Gasteiger partial charge in [-0.3, -0.25) is 4.79 Å². The van der Waals surface area contributed by atoms with Gasteiger partial charge >= 0.3 is 0 Å². The standard InChI is InChI=1S/C16H13ClN6OS/c1-8-11(9(2)23-15(20-8)18-7-19-23)6-14(24)22-16-21-12-4-3-10(17)5-13(12)25-16/h3-5,7H,6H2,1-2H3,(H,21,22,24). The Morgan fingerprint density at radius 3 is 3.00 bits per heavy atom. The molecule has 0 atom stereocenters. The summed E-state index contributed by atoms with van der Waals surface area (Å²) in [6.07, 6.45) is 1.64. The highest BCUT2D eigenvalue weighted by Gasteiger charge is 2.15. The second kappa shape index (κ2) is 6.05. The summed E-state index contributed by atoms with van der Waals surface area (Å²) in [7, 11) is 0. The van der Waals surface area contributed by atoms with Gasteiger partial charge in [-0.2, -0.15) is 10.1 Å². The van der Waals surface area contributed by atoms with E-state index in [1.165, 1.54) is 17.7 Å². The van der Waals surface area contributed by atoms with Crippen molar-refractivity contribution in [2.24, 2.45) is 0 Å². The average molecular weight is 373 g/mol. The second-order valence-corrected chi connectivity index (χ2v) is 7.06. The first-order chi connectivity index (χ1) is 12.0. The first-order valence-electron chi connectivity index (χ1n) is 7.53. The van der Waals surface area contributed by atoms with Crippen molar-refractivity contribution < 1.29 is 4.79 Å². The maximum Gasteiger partial charge on any atom is 0.252 e. The molecule has 3 aromatic heterocycles. The highest BCUT2D eigenvalue weighted by molar-refractivity contribution is 7.22. The van der Waals surface area contributed by atoms with Crippen molar-refractivity contribution in [2.75, 3.05) is 5.32 Å². The van der Waals surface area contributed by atoms with E-state index >= 15 is 0 Å². The molecule has 0 aliphatic carbocycles. The Kier molecular flexibility index (Phi) is 3.85. The molecule has 0 aliphatic heterocycles. The Morgan fingerprint density at radius 2 is 2.16 bits per heavy atom. The number of anilines is 1. The molecule has 4 rings (SSSR count). The summed E-state index contributed by atoms with van der Waals surface area (Å²) in [6, 6.07) is 5.45. The molecule has 0 saturated heterocycles. The zero-order chi connectivity index (χ0) is 17.6. The van der Waals surface area contributed by atoms with Crippen molar-refractivity contribution in [2.45, 2.75) is 20.3 Å². The van der Waals surface area contributed by atoms with Gasteiger partial charge in [0.15, 0.2) is 5.13 Å². The highest BCUT2D eigenvalue weighted by atomic mass is 35.5. The van der Waals surface area contributed by atoms with E-state index in [0.717, 1.165) is 27.2 Å². The van der Waals surface area contributed by atoms with Gasteiger partial charge in [-0.25, -0.2) is 14.5 Å². The molecule has 1 amide bonds. The fourth-order valence-electron chi connectivity index (χ4n) is 2.69. The fraction of sp³-hybridized carbons (Fsp3) is 0.188. The first-order valence-corrected chi connectivity index (χ1v) is 8.72. The van der Waals surface area contributed by atoms with E-state index in [1.54, 1.807) is 10.6 Å². The number of aryl methyl sites for hydroxylation is 2. The molecule has 3 heterocycles. The predicted molar refractivity (Wildman–Crippen MR) is 97.2 cm³/mol. The lowest BCUT2D eigenvalue weighted by Crippen LogP contribution is -2.17. The Hall–Kier alpha value is -2.58. The van der Waals surface area contributed by atoms with E-state index in [0.29, 0.717) is 15.9 Å². The average Bonchev–Trinajstić information content (AvgIpc) is 3.17. The minimum atomic E-state index is -0.155. The van der Waals surface area contributed by atoms with Crippen molar-refractivity contribution in [1.29, 1.82) is 0 Å². The summed E-state index contributed by atoms with van der Waals surface area (Å²) in [5.74, 6) is 0.375. The highest BCUT2D eigenvalue weighted by Crippen LogP contribution is 2.28. The second-order valence-electron chi connectivity index (χ2n) is 5.59. The minimum Gasteiger partial charge on any atom is -0.302 e. The van der Waals surface area contributed by atoms with Crippen LogP contribution in [0.1, 0.15) is 17.0 Å². The van der Waals surface area contributed by atoms with E-state index in [9.17, 15) is 4.79 Å². The van der Waals surface area contributed by atoms with E-state index in [-0.39, 0.29) is 12.3 Å². The van der Waals surface area contributed by atoms with Gasteiger partial charge in [0, 0.05) is 22.0 Å². The molecule has 7 nitrogen and oxygen atoms in total. The summed E-state index contributed by atoms with van der Waals surface area (Å²) < 4.78 is 2.57. The van der Waals surface area contributed by atoms with Crippen LogP contribution in [0.4, 0.5) is 5.13 Å². The molecule has 0 radical (unpaired) electrons. The number of fused-ring (bicyclic) bond motifs is 2. The van der Waals surface area contributed by atoms with Gasteiger partial charge in [0.05, 0.1) is 16.6 Å². The summed E-state index contributed by atoms with van der Waals surface area (Å²) in [5, 5.41) is 8.18. The first kappa shape index (κ1) is 15.9. The Balaban J connectivity index is 1.59. The van der Waals surface area contributed by atoms with E-state index in [2.05, 4.69) is 25.4 Å². The quantitative estimate of drug-likeness (QED) is 0.597. The van der Waals surface area contributed by atoms with E-state index in [1.807, 2.05) is 26.0 Å². The number of nitrogens with one attached hydrogen (secondary N) is 1. The fourth-order valence-corrected chi connectivity index (χ4v) is 3.85. The van der Waals surface area contributed by atoms with Crippen LogP contribution in [-0.2, 0) is 11.2 Å². The zero-order valence-electron chi connectivity index (χ0n) is 13.4. The van der Waals surface area contributed by atoms with Crippen molar-refractivity contribution >= 4 is 50.0 Å². The lowest BCUT2D eigenvalue weighted by Gasteiger charge is -2.09. The van der Waals surface area contributed by atoms with Crippen LogP contribution in [0, 0.1) is 13.8 Å². The van der Waals surface area contributed by atoms with E-state index in [4.69, 9.17) is 11.6 Å². The normalized spacial score (nSPS) is 11.3. The van der Waals surface area contributed by atoms with Crippen molar-refractivity contribution in [3.63, 3.8) is 0 Å². The molecule has 25 heavy (non-hydrogen) atoms. The number of hydrogen-bond donors (Lipinski definition) is 1. The molecular weight excluding hydrogens is 360 g/mol. The van der Waals surface area contributed by atoms with Crippen LogP contribution in [0.25, 0.3) is 16.0 Å². The number of hydrogen-bond acceptors (Lipinski definition) is 6. The van der Waals surface area contributed by atoms with Gasteiger partial charge in [0.25, 0.3) is 5.78 Å². The van der Waals surface area contributed by atoms with Gasteiger partial charge < -0.3 is 5.32 Å². The maximum atomic E-state index is 12.5. The molecule has 0 bridgehead atoms. The number of carbonyl (C=O) groups is 1. The SMILES string of the molecule is Cc1nc2ncnn2c(C)c1CC(=O)Nc1nc2ccc(Cl)cc2s1. The number of nitrogens with zero attached hydrogens (tertiary/aromatic N) is 5. The van der Waals surface area contributed by atoms with Crippen molar-refractivity contribution in [3.8, 4) is 0 Å². The zero-order valence-corrected chi connectivity index (χ0v) is 15.0. The molecule has 0 unspecified atom stereocenters. The lowest BCUT2D eigenvalue weighted by atomic mass is 10.1. The van der Waals surface area contributed by atoms with Crippen LogP contribution in [0.5, 0.6) is 0 Å². The number of thiazole rings is 1. The molecule has 0 fully saturated rings. The molecular formula is C16H13ClN6OS. The molecule has 1 N–H and O–H groups in total. The van der Waals surface area contributed by atoms with Crippen molar-refractivity contribution in [3.05, 3.63) is 46.5 Å². The molecule has 0 aliphatic rings. The predicted octanol–water partition coefficient (Wildman–Crippen LogP) is 3.19. The van der Waals surface area contributed by atoms with Crippen LogP contribution >= 0.6 is 22.9 Å². The van der Waals surface area contributed by atoms with Crippen LogP contribution in [0.3, 0.4) is 0 Å². The molecule has 9 heteroatoms. The number of halogens is 1. The number of aromatic nitrogens is 5. The lowest BCUT2D eigenvalue weighted by molar-refractivity contribution is -0.115. The van der Waals surface area contributed by atoms with Crippen LogP contribution in [0.15, 0.2) is 24.5 Å². The Morgan fingerprint density at radius 1 is 1.32 bits per heavy atom.